The molecule has 0 saturated carbocycles. The minimum absolute atomic E-state index is 0.0628. The predicted octanol–water partition coefficient (Wildman–Crippen LogP) is 5.54. The molecule has 3 amide bonds. The number of fused-ring (bicyclic) bond motifs is 2. The molecule has 2 atom stereocenters. The van der Waals surface area contributed by atoms with Crippen molar-refractivity contribution in [2.24, 2.45) is 0 Å². The maximum atomic E-state index is 14.5. The number of amides is 3. The molecule has 9 nitrogen and oxygen atoms in total. The van der Waals surface area contributed by atoms with Gasteiger partial charge in [0.1, 0.15) is 17.2 Å². The van der Waals surface area contributed by atoms with Crippen LogP contribution in [-0.2, 0) is 27.9 Å². The van der Waals surface area contributed by atoms with Gasteiger partial charge >= 0.3 is 6.09 Å². The summed E-state index contributed by atoms with van der Waals surface area (Å²) in [6.45, 7) is 13.6. The number of benzene rings is 2. The fourth-order valence-electron chi connectivity index (χ4n) is 7.00. The third-order valence-electron chi connectivity index (χ3n) is 9.45. The van der Waals surface area contributed by atoms with Crippen LogP contribution < -0.4 is 4.90 Å². The number of carbonyl (C=O) groups is 3. The zero-order chi connectivity index (χ0) is 34.5. The molecule has 2 aromatic carbocycles. The second-order valence-corrected chi connectivity index (χ2v) is 14.9. The van der Waals surface area contributed by atoms with Gasteiger partial charge in [-0.3, -0.25) is 19.5 Å². The van der Waals surface area contributed by atoms with Crippen LogP contribution in [0, 0.1) is 11.6 Å². The Morgan fingerprint density at radius 3 is 2.52 bits per heavy atom. The fourth-order valence-corrected chi connectivity index (χ4v) is 7.00. The first-order chi connectivity index (χ1) is 22.6. The van der Waals surface area contributed by atoms with Crippen LogP contribution in [0.15, 0.2) is 54.7 Å². The van der Waals surface area contributed by atoms with Gasteiger partial charge in [0, 0.05) is 85.7 Å². The molecule has 1 fully saturated rings. The minimum Gasteiger partial charge on any atom is -0.444 e. The molecule has 0 bridgehead atoms. The van der Waals surface area contributed by atoms with Crippen molar-refractivity contribution >= 4 is 23.6 Å². The molecule has 4 heterocycles. The van der Waals surface area contributed by atoms with Crippen LogP contribution in [0.25, 0.3) is 0 Å². The summed E-state index contributed by atoms with van der Waals surface area (Å²) >= 11 is 0. The highest BCUT2D eigenvalue weighted by atomic mass is 19.1. The monoisotopic (exact) mass is 659 g/mol. The molecule has 0 aliphatic carbocycles. The van der Waals surface area contributed by atoms with Gasteiger partial charge in [-0.05, 0) is 57.0 Å². The van der Waals surface area contributed by atoms with Gasteiger partial charge in [-0.15, -0.1) is 0 Å². The van der Waals surface area contributed by atoms with Crippen LogP contribution in [0.4, 0.5) is 19.3 Å². The average Bonchev–Trinajstić information content (AvgIpc) is 3.46. The van der Waals surface area contributed by atoms with E-state index < -0.39 is 23.3 Å². The third-order valence-corrected chi connectivity index (χ3v) is 9.45. The Morgan fingerprint density at radius 1 is 1.06 bits per heavy atom. The van der Waals surface area contributed by atoms with E-state index in [2.05, 4.69) is 23.7 Å². The van der Waals surface area contributed by atoms with Crippen LogP contribution in [0.2, 0.25) is 0 Å². The summed E-state index contributed by atoms with van der Waals surface area (Å²) < 4.78 is 33.7. The van der Waals surface area contributed by atoms with Gasteiger partial charge in [0.05, 0.1) is 12.2 Å². The van der Waals surface area contributed by atoms with E-state index in [0.29, 0.717) is 49.5 Å². The van der Waals surface area contributed by atoms with Crippen LogP contribution in [0.5, 0.6) is 0 Å². The number of hydrogen-bond acceptors (Lipinski definition) is 6. The lowest BCUT2D eigenvalue weighted by Gasteiger charge is -2.46. The highest BCUT2D eigenvalue weighted by Crippen LogP contribution is 2.41. The number of aromatic nitrogens is 1. The van der Waals surface area contributed by atoms with E-state index in [0.717, 1.165) is 22.9 Å². The quantitative estimate of drug-likeness (QED) is 0.346. The van der Waals surface area contributed by atoms with Crippen molar-refractivity contribution < 1.29 is 27.9 Å². The van der Waals surface area contributed by atoms with Gasteiger partial charge in [-0.1, -0.05) is 38.1 Å². The van der Waals surface area contributed by atoms with Gasteiger partial charge in [0.2, 0.25) is 5.91 Å². The number of carbonyl (C=O) groups excluding carboxylic acids is 3. The first-order valence-corrected chi connectivity index (χ1v) is 16.4. The smallest absolute Gasteiger partial charge is 0.410 e. The van der Waals surface area contributed by atoms with Gasteiger partial charge in [-0.2, -0.15) is 0 Å². The minimum atomic E-state index is -0.669. The number of pyridine rings is 1. The Labute approximate surface area is 280 Å². The number of anilines is 1. The topological polar surface area (TPSA) is 86.3 Å². The van der Waals surface area contributed by atoms with Gasteiger partial charge < -0.3 is 19.4 Å². The molecule has 0 radical (unpaired) electrons. The Balaban J connectivity index is 1.24. The fraction of sp³-hybridized carbons (Fsp3) is 0.459. The molecule has 0 unspecified atom stereocenters. The van der Waals surface area contributed by atoms with Crippen molar-refractivity contribution in [3.8, 4) is 0 Å². The van der Waals surface area contributed by atoms with Crippen LogP contribution in [0.3, 0.4) is 0 Å². The summed E-state index contributed by atoms with van der Waals surface area (Å²) in [4.78, 5) is 52.8. The molecular formula is C37H43F2N5O4. The van der Waals surface area contributed by atoms with E-state index in [1.165, 1.54) is 12.1 Å². The largest absolute Gasteiger partial charge is 0.444 e. The number of piperazine rings is 1. The lowest BCUT2D eigenvalue weighted by Crippen LogP contribution is -2.63. The summed E-state index contributed by atoms with van der Waals surface area (Å²) in [6.07, 6.45) is 1.48. The summed E-state index contributed by atoms with van der Waals surface area (Å²) in [5.74, 6) is -1.47. The van der Waals surface area contributed by atoms with Crippen molar-refractivity contribution in [1.29, 1.82) is 0 Å². The van der Waals surface area contributed by atoms with Gasteiger partial charge in [0.25, 0.3) is 5.91 Å². The Hall–Kier alpha value is -4.38. The summed E-state index contributed by atoms with van der Waals surface area (Å²) in [7, 11) is 0. The van der Waals surface area contributed by atoms with Gasteiger partial charge in [0.15, 0.2) is 0 Å². The standard InChI is InChI=1S/C37H43F2N5O4/c1-23-17-41(28(20-43(23)35(47)48-36(2,3)4)19-42-18-25-9-7-8-10-29(25)34(42)46)21-33(45)44-22-37(5,6)30-16-40-27(15-32(30)44)13-24-11-12-26(38)14-31(24)39/h7-12,14-16,23,28H,13,17-22H2,1-6H3/t23-,28+/m1/s1. The Kier molecular flexibility index (Phi) is 8.78. The first-order valence-electron chi connectivity index (χ1n) is 16.4. The molecular weight excluding hydrogens is 616 g/mol. The average molecular weight is 660 g/mol. The molecule has 1 saturated heterocycles. The number of nitrogens with zero attached hydrogens (tertiary/aromatic N) is 5. The van der Waals surface area contributed by atoms with Crippen molar-refractivity contribution in [3.63, 3.8) is 0 Å². The highest BCUT2D eigenvalue weighted by molar-refractivity contribution is 5.99. The van der Waals surface area contributed by atoms with Crippen molar-refractivity contribution in [1.82, 2.24) is 19.7 Å². The molecule has 0 spiro atoms. The molecule has 48 heavy (non-hydrogen) atoms. The zero-order valence-corrected chi connectivity index (χ0v) is 28.4. The lowest BCUT2D eigenvalue weighted by atomic mass is 9.88. The SMILES string of the molecule is C[C@@H]1CN(CC(=O)N2CC(C)(C)c3cnc(Cc4ccc(F)cc4F)cc32)[C@@H](CN2Cc3ccccc3C2=O)CN1C(=O)OC(C)(C)C. The van der Waals surface area contributed by atoms with E-state index in [-0.39, 0.29) is 42.3 Å². The highest BCUT2D eigenvalue weighted by Gasteiger charge is 2.43. The van der Waals surface area contributed by atoms with E-state index in [1.807, 2.05) is 58.0 Å². The molecule has 0 N–H and O–H groups in total. The molecule has 254 valence electrons. The zero-order valence-electron chi connectivity index (χ0n) is 28.4. The molecule has 11 heteroatoms. The molecule has 1 aromatic heterocycles. The third kappa shape index (κ3) is 6.78. The number of ether oxygens (including phenoxy) is 1. The summed E-state index contributed by atoms with van der Waals surface area (Å²) in [5.41, 5.74) is 3.12. The van der Waals surface area contributed by atoms with Crippen LogP contribution >= 0.6 is 0 Å². The van der Waals surface area contributed by atoms with E-state index in [1.54, 1.807) is 20.9 Å². The number of hydrogen-bond donors (Lipinski definition) is 0. The Bertz CT molecular complexity index is 1760. The van der Waals surface area contributed by atoms with Crippen molar-refractivity contribution in [2.45, 2.75) is 77.6 Å². The molecule has 3 aliphatic rings. The number of halogens is 2. The normalized spacial score (nSPS) is 20.6. The second-order valence-electron chi connectivity index (χ2n) is 14.9. The second kappa shape index (κ2) is 12.6. The lowest BCUT2D eigenvalue weighted by molar-refractivity contribution is -0.121. The van der Waals surface area contributed by atoms with E-state index >= 15 is 0 Å². The molecule has 3 aliphatic heterocycles. The van der Waals surface area contributed by atoms with E-state index in [9.17, 15) is 23.2 Å². The van der Waals surface area contributed by atoms with Gasteiger partial charge in [-0.25, -0.2) is 13.6 Å². The maximum Gasteiger partial charge on any atom is 0.410 e. The molecule has 6 rings (SSSR count). The van der Waals surface area contributed by atoms with E-state index in [4.69, 9.17) is 4.74 Å². The van der Waals surface area contributed by atoms with Crippen molar-refractivity contribution in [3.05, 3.63) is 94.3 Å². The predicted molar refractivity (Wildman–Crippen MR) is 178 cm³/mol. The maximum absolute atomic E-state index is 14.5. The van der Waals surface area contributed by atoms with Crippen molar-refractivity contribution in [2.75, 3.05) is 37.6 Å². The Morgan fingerprint density at radius 2 is 1.81 bits per heavy atom. The van der Waals surface area contributed by atoms with Crippen LogP contribution in [0.1, 0.15) is 74.3 Å². The summed E-state index contributed by atoms with van der Waals surface area (Å²) in [6, 6.07) is 12.3. The summed E-state index contributed by atoms with van der Waals surface area (Å²) in [5, 5.41) is 0. The van der Waals surface area contributed by atoms with Crippen LogP contribution in [-0.4, -0.2) is 88.0 Å². The number of rotatable bonds is 6. The molecule has 3 aromatic rings. The first kappa shape index (κ1) is 33.5.